The van der Waals surface area contributed by atoms with E-state index in [1.54, 1.807) is 24.2 Å². The van der Waals surface area contributed by atoms with Crippen molar-refractivity contribution in [3.8, 4) is 0 Å². The van der Waals surface area contributed by atoms with Gasteiger partial charge in [0.2, 0.25) is 5.13 Å². The molecule has 1 atom stereocenters. The van der Waals surface area contributed by atoms with Crippen molar-refractivity contribution in [1.29, 1.82) is 0 Å². The van der Waals surface area contributed by atoms with Gasteiger partial charge in [-0.1, -0.05) is 0 Å². The lowest BCUT2D eigenvalue weighted by Crippen LogP contribution is -2.48. The smallest absolute Gasteiger partial charge is 0.269 e. The van der Waals surface area contributed by atoms with E-state index in [1.165, 1.54) is 11.5 Å². The number of anilines is 1. The van der Waals surface area contributed by atoms with Crippen molar-refractivity contribution >= 4 is 22.6 Å². The molecule has 1 fully saturated rings. The highest BCUT2D eigenvalue weighted by atomic mass is 32.1. The second-order valence-corrected chi connectivity index (χ2v) is 6.30. The number of methoxy groups -OCH3 is 1. The van der Waals surface area contributed by atoms with Gasteiger partial charge >= 0.3 is 0 Å². The van der Waals surface area contributed by atoms with Gasteiger partial charge in [0.1, 0.15) is 12.3 Å². The van der Waals surface area contributed by atoms with Crippen LogP contribution in [0.25, 0.3) is 0 Å². The molecule has 1 aliphatic heterocycles. The first-order chi connectivity index (χ1) is 11.2. The number of aryl methyl sites for hydroxylation is 1. The summed E-state index contributed by atoms with van der Waals surface area (Å²) in [5, 5.41) is 3.97. The fourth-order valence-electron chi connectivity index (χ4n) is 2.66. The van der Waals surface area contributed by atoms with Gasteiger partial charge in [-0.05, 0) is 12.8 Å². The van der Waals surface area contributed by atoms with Crippen molar-refractivity contribution in [2.45, 2.75) is 25.5 Å². The predicted octanol–water partition coefficient (Wildman–Crippen LogP) is 0.817. The second-order valence-electron chi connectivity index (χ2n) is 5.57. The first-order valence-corrected chi connectivity index (χ1v) is 8.28. The maximum atomic E-state index is 12.3. The van der Waals surface area contributed by atoms with E-state index in [0.29, 0.717) is 18.1 Å². The molecule has 2 aromatic rings. The standard InChI is InChI=1S/C14H20N6O2S/c1-19-9-15-6-11(19)13(21)16-10-4-3-5-20(7-10)14-17-12(8-22-2)18-23-14/h6,9-10H,3-5,7-8H2,1-2H3,(H,16,21). The number of nitrogens with one attached hydrogen (secondary N) is 1. The molecule has 0 saturated carbocycles. The van der Waals surface area contributed by atoms with E-state index in [9.17, 15) is 4.79 Å². The van der Waals surface area contributed by atoms with E-state index >= 15 is 0 Å². The molecule has 3 rings (SSSR count). The average Bonchev–Trinajstić information content (AvgIpc) is 3.17. The molecule has 1 saturated heterocycles. The highest BCUT2D eigenvalue weighted by molar-refractivity contribution is 7.09. The molecule has 124 valence electrons. The molecule has 0 spiro atoms. The van der Waals surface area contributed by atoms with Crippen LogP contribution in [0.2, 0.25) is 0 Å². The average molecular weight is 336 g/mol. The van der Waals surface area contributed by atoms with E-state index < -0.39 is 0 Å². The van der Waals surface area contributed by atoms with Crippen LogP contribution in [-0.4, -0.2) is 51.1 Å². The van der Waals surface area contributed by atoms with Crippen molar-refractivity contribution in [2.75, 3.05) is 25.1 Å². The third kappa shape index (κ3) is 3.67. The summed E-state index contributed by atoms with van der Waals surface area (Å²) in [6.07, 6.45) is 5.18. The zero-order valence-corrected chi connectivity index (χ0v) is 14.0. The van der Waals surface area contributed by atoms with E-state index in [0.717, 1.165) is 31.1 Å². The molecular weight excluding hydrogens is 316 g/mol. The molecule has 1 unspecified atom stereocenters. The quantitative estimate of drug-likeness (QED) is 0.870. The molecule has 2 aromatic heterocycles. The molecule has 3 heterocycles. The Morgan fingerprint density at radius 3 is 3.17 bits per heavy atom. The molecular formula is C14H20N6O2S. The van der Waals surface area contributed by atoms with Crippen LogP contribution in [0.15, 0.2) is 12.5 Å². The van der Waals surface area contributed by atoms with Gasteiger partial charge in [-0.25, -0.2) is 9.97 Å². The van der Waals surface area contributed by atoms with Crippen LogP contribution >= 0.6 is 11.5 Å². The number of nitrogens with zero attached hydrogens (tertiary/aromatic N) is 5. The first-order valence-electron chi connectivity index (χ1n) is 7.51. The third-order valence-electron chi connectivity index (χ3n) is 3.81. The number of piperidine rings is 1. The Balaban J connectivity index is 1.61. The fourth-order valence-corrected chi connectivity index (χ4v) is 3.37. The van der Waals surface area contributed by atoms with Crippen LogP contribution in [0.3, 0.4) is 0 Å². The van der Waals surface area contributed by atoms with E-state index in [4.69, 9.17) is 4.74 Å². The fraction of sp³-hybridized carbons (Fsp3) is 0.571. The number of carbonyl (C=O) groups excluding carboxylic acids is 1. The summed E-state index contributed by atoms with van der Waals surface area (Å²) in [4.78, 5) is 22.9. The summed E-state index contributed by atoms with van der Waals surface area (Å²) < 4.78 is 11.1. The molecule has 23 heavy (non-hydrogen) atoms. The van der Waals surface area contributed by atoms with Crippen molar-refractivity contribution in [3.63, 3.8) is 0 Å². The van der Waals surface area contributed by atoms with Gasteiger partial charge in [0.05, 0.1) is 12.5 Å². The molecule has 0 bridgehead atoms. The van der Waals surface area contributed by atoms with Crippen LogP contribution < -0.4 is 10.2 Å². The minimum Gasteiger partial charge on any atom is -0.377 e. The lowest BCUT2D eigenvalue weighted by atomic mass is 10.1. The topological polar surface area (TPSA) is 85.2 Å². The van der Waals surface area contributed by atoms with Crippen molar-refractivity contribution in [3.05, 3.63) is 24.0 Å². The monoisotopic (exact) mass is 336 g/mol. The summed E-state index contributed by atoms with van der Waals surface area (Å²) in [6, 6.07) is 0.0981. The Kier molecular flexibility index (Phi) is 4.87. The molecule has 0 aromatic carbocycles. The number of carbonyl (C=O) groups is 1. The summed E-state index contributed by atoms with van der Waals surface area (Å²) in [5.74, 6) is 0.614. The largest absolute Gasteiger partial charge is 0.377 e. The lowest BCUT2D eigenvalue weighted by Gasteiger charge is -2.32. The predicted molar refractivity (Wildman–Crippen MR) is 86.5 cm³/mol. The maximum absolute atomic E-state index is 12.3. The summed E-state index contributed by atoms with van der Waals surface area (Å²) >= 11 is 1.38. The molecule has 1 N–H and O–H groups in total. The minimum absolute atomic E-state index is 0.0887. The Bertz CT molecular complexity index is 670. The van der Waals surface area contributed by atoms with Gasteiger partial charge in [-0.15, -0.1) is 0 Å². The van der Waals surface area contributed by atoms with Crippen molar-refractivity contribution in [2.24, 2.45) is 7.05 Å². The van der Waals surface area contributed by atoms with Crippen molar-refractivity contribution < 1.29 is 9.53 Å². The summed E-state index contributed by atoms with van der Waals surface area (Å²) in [7, 11) is 3.44. The third-order valence-corrected chi connectivity index (χ3v) is 4.62. The van der Waals surface area contributed by atoms with E-state index in [1.807, 2.05) is 7.05 Å². The van der Waals surface area contributed by atoms with Gasteiger partial charge in [0.15, 0.2) is 5.82 Å². The highest BCUT2D eigenvalue weighted by Gasteiger charge is 2.24. The Hall–Kier alpha value is -2.00. The number of imidazole rings is 1. The number of hydrogen-bond donors (Lipinski definition) is 1. The number of hydrogen-bond acceptors (Lipinski definition) is 7. The molecule has 8 nitrogen and oxygen atoms in total. The Labute approximate surface area is 138 Å². The van der Waals surface area contributed by atoms with Gasteiger partial charge < -0.3 is 19.5 Å². The van der Waals surface area contributed by atoms with Crippen LogP contribution in [-0.2, 0) is 18.4 Å². The SMILES string of the molecule is COCc1nsc(N2CCCC(NC(=O)c3cncn3C)C2)n1. The van der Waals surface area contributed by atoms with Crippen LogP contribution in [0.1, 0.15) is 29.2 Å². The lowest BCUT2D eigenvalue weighted by molar-refractivity contribution is 0.0925. The van der Waals surface area contributed by atoms with Gasteiger partial charge in [0.25, 0.3) is 5.91 Å². The van der Waals surface area contributed by atoms with Gasteiger partial charge in [0, 0.05) is 44.8 Å². The molecule has 0 radical (unpaired) electrons. The second kappa shape index (κ2) is 7.05. The number of rotatable bonds is 5. The summed E-state index contributed by atoms with van der Waals surface area (Å²) in [6.45, 7) is 2.09. The molecule has 1 amide bonds. The molecule has 1 aliphatic rings. The number of aromatic nitrogens is 4. The van der Waals surface area contributed by atoms with E-state index in [2.05, 4.69) is 24.6 Å². The van der Waals surface area contributed by atoms with Crippen LogP contribution in [0, 0.1) is 0 Å². The molecule has 9 heteroatoms. The van der Waals surface area contributed by atoms with Gasteiger partial charge in [-0.2, -0.15) is 4.37 Å². The number of ether oxygens (including phenoxy) is 1. The highest BCUT2D eigenvalue weighted by Crippen LogP contribution is 2.22. The van der Waals surface area contributed by atoms with Crippen LogP contribution in [0.4, 0.5) is 5.13 Å². The van der Waals surface area contributed by atoms with Crippen molar-refractivity contribution in [1.82, 2.24) is 24.2 Å². The Morgan fingerprint density at radius 2 is 2.43 bits per heavy atom. The Morgan fingerprint density at radius 1 is 1.57 bits per heavy atom. The number of amides is 1. The first kappa shape index (κ1) is 15.9. The van der Waals surface area contributed by atoms with Gasteiger partial charge in [-0.3, -0.25) is 4.79 Å². The molecule has 0 aliphatic carbocycles. The van der Waals surface area contributed by atoms with E-state index in [-0.39, 0.29) is 11.9 Å². The minimum atomic E-state index is -0.0887. The van der Waals surface area contributed by atoms with Crippen LogP contribution in [0.5, 0.6) is 0 Å². The zero-order chi connectivity index (χ0) is 16.2. The maximum Gasteiger partial charge on any atom is 0.269 e. The normalized spacial score (nSPS) is 18.2. The zero-order valence-electron chi connectivity index (χ0n) is 13.2. The summed E-state index contributed by atoms with van der Waals surface area (Å²) in [5.41, 5.74) is 0.570.